The van der Waals surface area contributed by atoms with Gasteiger partial charge in [-0.05, 0) is 6.92 Å². The number of carboxylic acid groups (broad SMARTS) is 1. The average molecular weight is 169 g/mol. The number of nitrogens with two attached hydrogens (primary N) is 1. The minimum atomic E-state index is -0.891. The zero-order valence-corrected chi connectivity index (χ0v) is 7.03. The van der Waals surface area contributed by atoms with Gasteiger partial charge in [0.15, 0.2) is 0 Å². The van der Waals surface area contributed by atoms with Crippen molar-refractivity contribution in [2.75, 3.05) is 5.73 Å². The Balaban J connectivity index is 3.05. The van der Waals surface area contributed by atoms with Crippen LogP contribution in [0.2, 0.25) is 0 Å². The fourth-order valence-electron chi connectivity index (χ4n) is 1.09. The van der Waals surface area contributed by atoms with Gasteiger partial charge >= 0.3 is 5.97 Å². The SMILES string of the molecule is Cc1nn(C)c(N)c1CC(=O)O. The third-order valence-corrected chi connectivity index (χ3v) is 1.72. The molecule has 0 radical (unpaired) electrons. The first-order valence-corrected chi connectivity index (χ1v) is 3.52. The van der Waals surface area contributed by atoms with Gasteiger partial charge in [-0.15, -0.1) is 0 Å². The maximum Gasteiger partial charge on any atom is 0.308 e. The van der Waals surface area contributed by atoms with E-state index in [-0.39, 0.29) is 6.42 Å². The molecule has 1 heterocycles. The Morgan fingerprint density at radius 1 is 1.75 bits per heavy atom. The van der Waals surface area contributed by atoms with Crippen LogP contribution < -0.4 is 5.73 Å². The quantitative estimate of drug-likeness (QED) is 0.649. The normalized spacial score (nSPS) is 10.2. The highest BCUT2D eigenvalue weighted by atomic mass is 16.4. The number of aryl methyl sites for hydroxylation is 2. The van der Waals surface area contributed by atoms with Crippen LogP contribution in [0.4, 0.5) is 5.82 Å². The second kappa shape index (κ2) is 2.84. The lowest BCUT2D eigenvalue weighted by Gasteiger charge is -1.96. The predicted molar refractivity (Wildman–Crippen MR) is 43.7 cm³/mol. The van der Waals surface area contributed by atoms with Crippen molar-refractivity contribution in [2.24, 2.45) is 7.05 Å². The Labute approximate surface area is 69.8 Å². The second-order valence-corrected chi connectivity index (χ2v) is 2.64. The summed E-state index contributed by atoms with van der Waals surface area (Å²) in [4.78, 5) is 10.4. The van der Waals surface area contributed by atoms with Gasteiger partial charge in [0, 0.05) is 12.6 Å². The fourth-order valence-corrected chi connectivity index (χ4v) is 1.09. The van der Waals surface area contributed by atoms with Crippen molar-refractivity contribution in [2.45, 2.75) is 13.3 Å². The summed E-state index contributed by atoms with van der Waals surface area (Å²) in [5.41, 5.74) is 6.87. The van der Waals surface area contributed by atoms with E-state index in [1.54, 1.807) is 14.0 Å². The first-order valence-electron chi connectivity index (χ1n) is 3.52. The minimum absolute atomic E-state index is 0.0640. The molecule has 12 heavy (non-hydrogen) atoms. The van der Waals surface area contributed by atoms with E-state index >= 15 is 0 Å². The van der Waals surface area contributed by atoms with E-state index in [2.05, 4.69) is 5.10 Å². The van der Waals surface area contributed by atoms with E-state index < -0.39 is 5.97 Å². The van der Waals surface area contributed by atoms with Gasteiger partial charge in [0.05, 0.1) is 12.1 Å². The zero-order valence-electron chi connectivity index (χ0n) is 7.03. The molecule has 0 saturated carbocycles. The minimum Gasteiger partial charge on any atom is -0.481 e. The molecule has 0 bridgehead atoms. The van der Waals surface area contributed by atoms with Crippen molar-refractivity contribution in [1.82, 2.24) is 9.78 Å². The van der Waals surface area contributed by atoms with Crippen LogP contribution in [0, 0.1) is 6.92 Å². The third-order valence-electron chi connectivity index (χ3n) is 1.72. The standard InChI is InChI=1S/C7H11N3O2/c1-4-5(3-6(11)12)7(8)10(2)9-4/h3,8H2,1-2H3,(H,11,12). The molecule has 0 aliphatic carbocycles. The molecule has 0 fully saturated rings. The molecular formula is C7H11N3O2. The maximum absolute atomic E-state index is 10.4. The summed E-state index contributed by atoms with van der Waals surface area (Å²) in [5.74, 6) is -0.465. The molecule has 1 rings (SSSR count). The smallest absolute Gasteiger partial charge is 0.308 e. The number of carbonyl (C=O) groups is 1. The van der Waals surface area contributed by atoms with Crippen LogP contribution >= 0.6 is 0 Å². The average Bonchev–Trinajstić information content (AvgIpc) is 2.16. The monoisotopic (exact) mass is 169 g/mol. The summed E-state index contributed by atoms with van der Waals surface area (Å²) in [5, 5.41) is 12.5. The van der Waals surface area contributed by atoms with Crippen LogP contribution in [0.3, 0.4) is 0 Å². The Bertz CT molecular complexity index is 317. The van der Waals surface area contributed by atoms with Gasteiger partial charge in [0.1, 0.15) is 5.82 Å². The number of carboxylic acids is 1. The van der Waals surface area contributed by atoms with Crippen molar-refractivity contribution < 1.29 is 9.90 Å². The predicted octanol–water partition coefficient (Wildman–Crippen LogP) is -0.0622. The van der Waals surface area contributed by atoms with Crippen LogP contribution in [0.25, 0.3) is 0 Å². The molecule has 0 aromatic carbocycles. The maximum atomic E-state index is 10.4. The van der Waals surface area contributed by atoms with Crippen molar-refractivity contribution >= 4 is 11.8 Å². The number of hydrogen-bond donors (Lipinski definition) is 2. The molecule has 0 unspecified atom stereocenters. The lowest BCUT2D eigenvalue weighted by atomic mass is 10.2. The van der Waals surface area contributed by atoms with Gasteiger partial charge in [-0.3, -0.25) is 9.48 Å². The van der Waals surface area contributed by atoms with Crippen molar-refractivity contribution in [3.63, 3.8) is 0 Å². The summed E-state index contributed by atoms with van der Waals surface area (Å²) in [6.07, 6.45) is -0.0640. The Morgan fingerprint density at radius 3 is 2.67 bits per heavy atom. The second-order valence-electron chi connectivity index (χ2n) is 2.64. The molecule has 66 valence electrons. The van der Waals surface area contributed by atoms with Gasteiger partial charge < -0.3 is 10.8 Å². The highest BCUT2D eigenvalue weighted by Crippen LogP contribution is 2.15. The van der Waals surface area contributed by atoms with Gasteiger partial charge in [0.25, 0.3) is 0 Å². The van der Waals surface area contributed by atoms with E-state index in [4.69, 9.17) is 10.8 Å². The van der Waals surface area contributed by atoms with Gasteiger partial charge in [-0.1, -0.05) is 0 Å². The van der Waals surface area contributed by atoms with Crippen molar-refractivity contribution in [1.29, 1.82) is 0 Å². The number of hydrogen-bond acceptors (Lipinski definition) is 3. The number of nitrogens with zero attached hydrogens (tertiary/aromatic N) is 2. The van der Waals surface area contributed by atoms with E-state index in [0.29, 0.717) is 17.1 Å². The van der Waals surface area contributed by atoms with Gasteiger partial charge in [-0.25, -0.2) is 0 Å². The van der Waals surface area contributed by atoms with Gasteiger partial charge in [-0.2, -0.15) is 5.10 Å². The van der Waals surface area contributed by atoms with Gasteiger partial charge in [0.2, 0.25) is 0 Å². The largest absolute Gasteiger partial charge is 0.481 e. The summed E-state index contributed by atoms with van der Waals surface area (Å²) in [6, 6.07) is 0. The molecule has 0 aliphatic heterocycles. The lowest BCUT2D eigenvalue weighted by molar-refractivity contribution is -0.136. The first kappa shape index (κ1) is 8.58. The molecular weight excluding hydrogens is 158 g/mol. The number of nitrogen functional groups attached to an aromatic ring is 1. The molecule has 1 aromatic rings. The highest BCUT2D eigenvalue weighted by molar-refractivity contribution is 5.72. The Kier molecular flexibility index (Phi) is 2.03. The molecule has 0 saturated heterocycles. The van der Waals surface area contributed by atoms with E-state index in [9.17, 15) is 4.79 Å². The number of aromatic nitrogens is 2. The van der Waals surface area contributed by atoms with Crippen molar-refractivity contribution in [3.05, 3.63) is 11.3 Å². The van der Waals surface area contributed by atoms with Crippen LogP contribution in [0.5, 0.6) is 0 Å². The fraction of sp³-hybridized carbons (Fsp3) is 0.429. The first-order chi connectivity index (χ1) is 5.52. The summed E-state index contributed by atoms with van der Waals surface area (Å²) in [7, 11) is 1.69. The van der Waals surface area contributed by atoms with Crippen LogP contribution in [0.15, 0.2) is 0 Å². The molecule has 0 spiro atoms. The molecule has 0 amide bonds. The summed E-state index contributed by atoms with van der Waals surface area (Å²) >= 11 is 0. The molecule has 0 atom stereocenters. The summed E-state index contributed by atoms with van der Waals surface area (Å²) in [6.45, 7) is 1.74. The number of aliphatic carboxylic acids is 1. The molecule has 0 aliphatic rings. The van der Waals surface area contributed by atoms with Crippen LogP contribution in [-0.4, -0.2) is 20.9 Å². The molecule has 5 nitrogen and oxygen atoms in total. The van der Waals surface area contributed by atoms with E-state index in [1.807, 2.05) is 0 Å². The lowest BCUT2D eigenvalue weighted by Crippen LogP contribution is -2.04. The van der Waals surface area contributed by atoms with Crippen LogP contribution in [-0.2, 0) is 18.3 Å². The Morgan fingerprint density at radius 2 is 2.33 bits per heavy atom. The third kappa shape index (κ3) is 1.39. The topological polar surface area (TPSA) is 81.1 Å². The number of rotatable bonds is 2. The molecule has 1 aromatic heterocycles. The zero-order chi connectivity index (χ0) is 9.30. The summed E-state index contributed by atoms with van der Waals surface area (Å²) < 4.78 is 1.48. The molecule has 5 heteroatoms. The van der Waals surface area contributed by atoms with Crippen molar-refractivity contribution in [3.8, 4) is 0 Å². The van der Waals surface area contributed by atoms with Crippen LogP contribution in [0.1, 0.15) is 11.3 Å². The molecule has 3 N–H and O–H groups in total. The van der Waals surface area contributed by atoms with E-state index in [1.165, 1.54) is 4.68 Å². The van der Waals surface area contributed by atoms with E-state index in [0.717, 1.165) is 0 Å². The number of anilines is 1. The highest BCUT2D eigenvalue weighted by Gasteiger charge is 2.12. The Hall–Kier alpha value is -1.52.